The molecule has 2 aromatic carbocycles. The molecule has 0 bridgehead atoms. The summed E-state index contributed by atoms with van der Waals surface area (Å²) in [7, 11) is 0. The predicted octanol–water partition coefficient (Wildman–Crippen LogP) is 5.85. The third-order valence-corrected chi connectivity index (χ3v) is 5.02. The van der Waals surface area contributed by atoms with E-state index in [1.807, 2.05) is 6.20 Å². The van der Waals surface area contributed by atoms with Crippen LogP contribution in [0.3, 0.4) is 0 Å². The van der Waals surface area contributed by atoms with Crippen molar-refractivity contribution in [2.75, 3.05) is 0 Å². The van der Waals surface area contributed by atoms with Gasteiger partial charge >= 0.3 is 0 Å². The summed E-state index contributed by atoms with van der Waals surface area (Å²) in [6.45, 7) is 4.35. The Kier molecular flexibility index (Phi) is 7.07. The molecule has 0 unspecified atom stereocenters. The third kappa shape index (κ3) is 4.92. The van der Waals surface area contributed by atoms with Crippen molar-refractivity contribution in [1.82, 2.24) is 9.97 Å². The lowest BCUT2D eigenvalue weighted by Crippen LogP contribution is -1.99. The van der Waals surface area contributed by atoms with Crippen LogP contribution in [-0.4, -0.2) is 16.3 Å². The first-order valence-electron chi connectivity index (χ1n) is 10.2. The number of aromatic nitrogens is 2. The number of benzene rings is 2. The molecule has 1 heterocycles. The molecule has 0 aliphatic heterocycles. The standard InChI is InChI=1S/C25H28N2O/c1-3-5-8-23-18-26-24(21-13-9-19(4-2)10-14-21)25(27-23)22-15-11-20(12-16-22)7-6-17-28/h9-18H,3-8H2,1-2H3. The molecule has 0 aliphatic rings. The molecule has 1 aromatic heterocycles. The molecule has 0 N–H and O–H groups in total. The number of aryl methyl sites for hydroxylation is 3. The second-order valence-corrected chi connectivity index (χ2v) is 7.11. The highest BCUT2D eigenvalue weighted by molar-refractivity contribution is 5.78. The second-order valence-electron chi connectivity index (χ2n) is 7.11. The highest BCUT2D eigenvalue weighted by Gasteiger charge is 2.12. The van der Waals surface area contributed by atoms with Gasteiger partial charge in [0, 0.05) is 23.7 Å². The number of unbranched alkanes of at least 4 members (excludes halogenated alkanes) is 1. The van der Waals surface area contributed by atoms with Gasteiger partial charge in [-0.2, -0.15) is 0 Å². The molecule has 0 aliphatic carbocycles. The van der Waals surface area contributed by atoms with Crippen molar-refractivity contribution in [1.29, 1.82) is 0 Å². The van der Waals surface area contributed by atoms with E-state index in [9.17, 15) is 4.79 Å². The van der Waals surface area contributed by atoms with Crippen LogP contribution in [0.1, 0.15) is 49.9 Å². The quantitative estimate of drug-likeness (QED) is 0.443. The average Bonchev–Trinajstić information content (AvgIpc) is 2.76. The van der Waals surface area contributed by atoms with E-state index >= 15 is 0 Å². The summed E-state index contributed by atoms with van der Waals surface area (Å²) >= 11 is 0. The predicted molar refractivity (Wildman–Crippen MR) is 115 cm³/mol. The minimum Gasteiger partial charge on any atom is -0.303 e. The van der Waals surface area contributed by atoms with Crippen LogP contribution in [0, 0.1) is 0 Å². The number of hydrogen-bond donors (Lipinski definition) is 0. The summed E-state index contributed by atoms with van der Waals surface area (Å²) < 4.78 is 0. The molecule has 0 saturated heterocycles. The van der Waals surface area contributed by atoms with Crippen LogP contribution in [0.15, 0.2) is 54.7 Å². The first-order chi connectivity index (χ1) is 13.7. The van der Waals surface area contributed by atoms with Gasteiger partial charge in [-0.1, -0.05) is 68.8 Å². The number of carbonyl (C=O) groups is 1. The van der Waals surface area contributed by atoms with E-state index < -0.39 is 0 Å². The summed E-state index contributed by atoms with van der Waals surface area (Å²) in [6, 6.07) is 17.0. The molecule has 0 saturated carbocycles. The first kappa shape index (κ1) is 19.9. The molecule has 3 nitrogen and oxygen atoms in total. The highest BCUT2D eigenvalue weighted by atomic mass is 16.1. The van der Waals surface area contributed by atoms with Crippen LogP contribution in [0.5, 0.6) is 0 Å². The van der Waals surface area contributed by atoms with E-state index in [1.54, 1.807) is 0 Å². The summed E-state index contributed by atoms with van der Waals surface area (Å²) in [5, 5.41) is 0. The van der Waals surface area contributed by atoms with Gasteiger partial charge in [0.2, 0.25) is 0 Å². The Morgan fingerprint density at radius 2 is 1.46 bits per heavy atom. The Hall–Kier alpha value is -2.81. The van der Waals surface area contributed by atoms with Gasteiger partial charge in [-0.15, -0.1) is 0 Å². The maximum absolute atomic E-state index is 10.6. The van der Waals surface area contributed by atoms with Crippen LogP contribution in [0.25, 0.3) is 22.5 Å². The lowest BCUT2D eigenvalue weighted by Gasteiger charge is -2.12. The average molecular weight is 373 g/mol. The zero-order chi connectivity index (χ0) is 19.8. The highest BCUT2D eigenvalue weighted by Crippen LogP contribution is 2.30. The fourth-order valence-electron chi connectivity index (χ4n) is 3.27. The van der Waals surface area contributed by atoms with Gasteiger partial charge in [-0.25, -0.2) is 4.98 Å². The molecular formula is C25H28N2O. The SMILES string of the molecule is CCCCc1cnc(-c2ccc(CC)cc2)c(-c2ccc(CCC=O)cc2)n1. The molecule has 0 fully saturated rings. The van der Waals surface area contributed by atoms with Crippen molar-refractivity contribution in [2.45, 2.75) is 52.4 Å². The first-order valence-corrected chi connectivity index (χ1v) is 10.2. The molecule has 0 spiro atoms. The summed E-state index contributed by atoms with van der Waals surface area (Å²) in [5.74, 6) is 0. The van der Waals surface area contributed by atoms with Crippen molar-refractivity contribution in [3.8, 4) is 22.5 Å². The van der Waals surface area contributed by atoms with Gasteiger partial charge in [0.1, 0.15) is 6.29 Å². The lowest BCUT2D eigenvalue weighted by molar-refractivity contribution is -0.107. The molecule has 3 heteroatoms. The molecule has 0 amide bonds. The van der Waals surface area contributed by atoms with Crippen molar-refractivity contribution in [2.24, 2.45) is 0 Å². The maximum Gasteiger partial charge on any atom is 0.120 e. The van der Waals surface area contributed by atoms with Gasteiger partial charge < -0.3 is 4.79 Å². The van der Waals surface area contributed by atoms with Crippen LogP contribution in [-0.2, 0) is 24.1 Å². The van der Waals surface area contributed by atoms with Crippen molar-refractivity contribution in [3.63, 3.8) is 0 Å². The topological polar surface area (TPSA) is 42.9 Å². The Labute approximate surface area is 167 Å². The summed E-state index contributed by atoms with van der Waals surface area (Å²) in [5.41, 5.74) is 7.53. The van der Waals surface area contributed by atoms with Crippen LogP contribution < -0.4 is 0 Å². The Bertz CT molecular complexity index is 899. The van der Waals surface area contributed by atoms with Crippen LogP contribution in [0.2, 0.25) is 0 Å². The zero-order valence-electron chi connectivity index (χ0n) is 16.8. The Morgan fingerprint density at radius 3 is 2.07 bits per heavy atom. The van der Waals surface area contributed by atoms with Crippen LogP contribution in [0.4, 0.5) is 0 Å². The van der Waals surface area contributed by atoms with E-state index in [0.29, 0.717) is 6.42 Å². The molecule has 0 radical (unpaired) electrons. The Balaban J connectivity index is 2.00. The smallest absolute Gasteiger partial charge is 0.120 e. The maximum atomic E-state index is 10.6. The number of hydrogen-bond acceptors (Lipinski definition) is 3. The van der Waals surface area contributed by atoms with E-state index in [0.717, 1.165) is 66.6 Å². The van der Waals surface area contributed by atoms with Crippen molar-refractivity contribution >= 4 is 6.29 Å². The van der Waals surface area contributed by atoms with Crippen molar-refractivity contribution in [3.05, 3.63) is 71.5 Å². The fourth-order valence-corrected chi connectivity index (χ4v) is 3.27. The van der Waals surface area contributed by atoms with E-state index in [-0.39, 0.29) is 0 Å². The van der Waals surface area contributed by atoms with Gasteiger partial charge in [0.25, 0.3) is 0 Å². The molecule has 28 heavy (non-hydrogen) atoms. The molecule has 144 valence electrons. The second kappa shape index (κ2) is 9.93. The summed E-state index contributed by atoms with van der Waals surface area (Å²) in [4.78, 5) is 20.4. The minimum atomic E-state index is 0.556. The number of aldehydes is 1. The van der Waals surface area contributed by atoms with E-state index in [2.05, 4.69) is 62.4 Å². The van der Waals surface area contributed by atoms with Gasteiger partial charge in [0.15, 0.2) is 0 Å². The van der Waals surface area contributed by atoms with Gasteiger partial charge in [-0.05, 0) is 36.8 Å². The third-order valence-electron chi connectivity index (χ3n) is 5.02. The lowest BCUT2D eigenvalue weighted by atomic mass is 10.00. The molecule has 0 atom stereocenters. The van der Waals surface area contributed by atoms with Crippen LogP contribution >= 0.6 is 0 Å². The van der Waals surface area contributed by atoms with Gasteiger partial charge in [0.05, 0.1) is 17.1 Å². The normalized spacial score (nSPS) is 10.8. The monoisotopic (exact) mass is 372 g/mol. The van der Waals surface area contributed by atoms with E-state index in [1.165, 1.54) is 11.1 Å². The van der Waals surface area contributed by atoms with Gasteiger partial charge in [-0.3, -0.25) is 4.98 Å². The molecule has 3 rings (SSSR count). The largest absolute Gasteiger partial charge is 0.303 e. The van der Waals surface area contributed by atoms with E-state index in [4.69, 9.17) is 9.97 Å². The fraction of sp³-hybridized carbons (Fsp3) is 0.320. The molecule has 3 aromatic rings. The zero-order valence-corrected chi connectivity index (χ0v) is 16.8. The van der Waals surface area contributed by atoms with Crippen molar-refractivity contribution < 1.29 is 4.79 Å². The number of rotatable bonds is 9. The summed E-state index contributed by atoms with van der Waals surface area (Å²) in [6.07, 6.45) is 8.44. The number of nitrogens with zero attached hydrogens (tertiary/aromatic N) is 2. The minimum absolute atomic E-state index is 0.556. The number of carbonyl (C=O) groups excluding carboxylic acids is 1. The molecular weight excluding hydrogens is 344 g/mol. The Morgan fingerprint density at radius 1 is 0.821 bits per heavy atom.